The minimum Gasteiger partial charge on any atom is -0.397 e. The molecule has 88 valence electrons. The minimum atomic E-state index is -0.431. The smallest absolute Gasteiger partial charge is 0.260 e. The zero-order valence-corrected chi connectivity index (χ0v) is 10.2. The van der Waals surface area contributed by atoms with Crippen LogP contribution in [0, 0.1) is 5.92 Å². The van der Waals surface area contributed by atoms with Gasteiger partial charge in [0.1, 0.15) is 4.88 Å². The molecule has 0 saturated carbocycles. The average molecular weight is 239 g/mol. The van der Waals surface area contributed by atoms with Crippen molar-refractivity contribution in [3.05, 3.63) is 10.9 Å². The van der Waals surface area contributed by atoms with Gasteiger partial charge in [-0.2, -0.15) is 0 Å². The van der Waals surface area contributed by atoms with E-state index in [9.17, 15) is 4.79 Å². The fourth-order valence-electron chi connectivity index (χ4n) is 1.97. The molecule has 0 bridgehead atoms. The second-order valence-corrected chi connectivity index (χ2v) is 5.43. The quantitative estimate of drug-likeness (QED) is 0.824. The predicted molar refractivity (Wildman–Crippen MR) is 67.9 cm³/mol. The van der Waals surface area contributed by atoms with E-state index in [-0.39, 0.29) is 0 Å². The van der Waals surface area contributed by atoms with Gasteiger partial charge in [0, 0.05) is 13.1 Å². The van der Waals surface area contributed by atoms with E-state index in [1.807, 2.05) is 6.07 Å². The van der Waals surface area contributed by atoms with E-state index >= 15 is 0 Å². The summed E-state index contributed by atoms with van der Waals surface area (Å²) in [4.78, 5) is 13.9. The maximum Gasteiger partial charge on any atom is 0.260 e. The lowest BCUT2D eigenvalue weighted by atomic mass is 9.99. The summed E-state index contributed by atoms with van der Waals surface area (Å²) in [5.74, 6) is 0.364. The van der Waals surface area contributed by atoms with Crippen molar-refractivity contribution >= 4 is 27.9 Å². The summed E-state index contributed by atoms with van der Waals surface area (Å²) in [6.07, 6.45) is 2.40. The number of primary amides is 1. The molecule has 0 radical (unpaired) electrons. The van der Waals surface area contributed by atoms with Crippen molar-refractivity contribution in [2.24, 2.45) is 11.7 Å². The zero-order chi connectivity index (χ0) is 11.7. The van der Waals surface area contributed by atoms with Crippen LogP contribution in [0.4, 0.5) is 10.7 Å². The van der Waals surface area contributed by atoms with Crippen LogP contribution in [0.3, 0.4) is 0 Å². The number of hydrogen-bond acceptors (Lipinski definition) is 4. The van der Waals surface area contributed by atoms with Crippen LogP contribution in [-0.4, -0.2) is 19.0 Å². The number of nitrogens with zero attached hydrogens (tertiary/aromatic N) is 1. The van der Waals surface area contributed by atoms with Gasteiger partial charge in [-0.1, -0.05) is 6.92 Å². The van der Waals surface area contributed by atoms with Gasteiger partial charge in [-0.25, -0.2) is 0 Å². The van der Waals surface area contributed by atoms with Gasteiger partial charge >= 0.3 is 0 Å². The molecule has 1 aliphatic rings. The Morgan fingerprint density at radius 3 is 2.62 bits per heavy atom. The number of thiophene rings is 1. The molecule has 2 rings (SSSR count). The van der Waals surface area contributed by atoms with Crippen molar-refractivity contribution in [1.82, 2.24) is 0 Å². The molecule has 0 atom stereocenters. The first-order valence-electron chi connectivity index (χ1n) is 5.52. The van der Waals surface area contributed by atoms with Gasteiger partial charge in [0.25, 0.3) is 5.91 Å². The molecule has 1 amide bonds. The number of nitrogens with two attached hydrogens (primary N) is 2. The molecule has 1 saturated heterocycles. The fourth-order valence-corrected chi connectivity index (χ4v) is 2.95. The molecule has 0 unspecified atom stereocenters. The third-order valence-corrected chi connectivity index (χ3v) is 4.29. The first kappa shape index (κ1) is 11.3. The van der Waals surface area contributed by atoms with Gasteiger partial charge in [-0.15, -0.1) is 11.3 Å². The van der Waals surface area contributed by atoms with E-state index in [0.717, 1.165) is 24.0 Å². The van der Waals surface area contributed by atoms with Crippen LogP contribution in [0.25, 0.3) is 0 Å². The number of rotatable bonds is 2. The van der Waals surface area contributed by atoms with Gasteiger partial charge in [-0.05, 0) is 24.8 Å². The monoisotopic (exact) mass is 239 g/mol. The number of carbonyl (C=O) groups excluding carboxylic acids is 1. The van der Waals surface area contributed by atoms with E-state index in [2.05, 4.69) is 11.8 Å². The summed E-state index contributed by atoms with van der Waals surface area (Å²) in [5, 5.41) is 1.07. The van der Waals surface area contributed by atoms with Gasteiger partial charge < -0.3 is 16.4 Å². The van der Waals surface area contributed by atoms with Gasteiger partial charge in [0.2, 0.25) is 0 Å². The van der Waals surface area contributed by atoms with Crippen LogP contribution in [0.1, 0.15) is 29.4 Å². The molecule has 2 heterocycles. The topological polar surface area (TPSA) is 72.3 Å². The molecule has 16 heavy (non-hydrogen) atoms. The van der Waals surface area contributed by atoms with Gasteiger partial charge in [0.15, 0.2) is 0 Å². The highest BCUT2D eigenvalue weighted by molar-refractivity contribution is 7.18. The molecule has 1 aromatic rings. The molecule has 4 nitrogen and oxygen atoms in total. The molecular formula is C11H17N3OS. The average Bonchev–Trinajstić information content (AvgIpc) is 2.61. The lowest BCUT2D eigenvalue weighted by Crippen LogP contribution is -2.32. The van der Waals surface area contributed by atoms with Crippen molar-refractivity contribution in [3.63, 3.8) is 0 Å². The summed E-state index contributed by atoms with van der Waals surface area (Å²) in [6, 6.07) is 1.86. The van der Waals surface area contributed by atoms with Crippen molar-refractivity contribution in [3.8, 4) is 0 Å². The molecule has 4 N–H and O–H groups in total. The Morgan fingerprint density at radius 1 is 1.50 bits per heavy atom. The summed E-state index contributed by atoms with van der Waals surface area (Å²) < 4.78 is 0. The van der Waals surface area contributed by atoms with Crippen LogP contribution in [0.15, 0.2) is 6.07 Å². The Hall–Kier alpha value is -1.23. The van der Waals surface area contributed by atoms with Crippen molar-refractivity contribution < 1.29 is 4.79 Å². The first-order chi connectivity index (χ1) is 7.58. The van der Waals surface area contributed by atoms with Gasteiger partial charge in [-0.3, -0.25) is 4.79 Å². The Balaban J connectivity index is 2.15. The van der Waals surface area contributed by atoms with E-state index in [0.29, 0.717) is 10.6 Å². The van der Waals surface area contributed by atoms with Crippen molar-refractivity contribution in [2.45, 2.75) is 19.8 Å². The highest BCUT2D eigenvalue weighted by Gasteiger charge is 2.20. The van der Waals surface area contributed by atoms with E-state index in [1.165, 1.54) is 24.2 Å². The Labute approximate surface area is 99.2 Å². The van der Waals surface area contributed by atoms with Crippen LogP contribution < -0.4 is 16.4 Å². The van der Waals surface area contributed by atoms with Crippen LogP contribution in [-0.2, 0) is 0 Å². The lowest BCUT2D eigenvalue weighted by Gasteiger charge is -2.30. The van der Waals surface area contributed by atoms with Gasteiger partial charge in [0.05, 0.1) is 10.7 Å². The zero-order valence-electron chi connectivity index (χ0n) is 9.40. The Bertz CT molecular complexity index is 394. The molecule has 1 aliphatic heterocycles. The summed E-state index contributed by atoms with van der Waals surface area (Å²) >= 11 is 1.40. The predicted octanol–water partition coefficient (Wildman–Crippen LogP) is 1.67. The van der Waals surface area contributed by atoms with Crippen molar-refractivity contribution in [1.29, 1.82) is 0 Å². The molecule has 0 spiro atoms. The Kier molecular flexibility index (Phi) is 3.05. The molecular weight excluding hydrogens is 222 g/mol. The summed E-state index contributed by atoms with van der Waals surface area (Å²) in [6.45, 7) is 4.35. The largest absolute Gasteiger partial charge is 0.397 e. The fraction of sp³-hybridized carbons (Fsp3) is 0.545. The standard InChI is InChI=1S/C11H17N3OS/c1-7-2-4-14(5-3-7)9-6-8(12)10(16-9)11(13)15/h6-7H,2-5,12H2,1H3,(H2,13,15). The summed E-state index contributed by atoms with van der Waals surface area (Å²) in [5.41, 5.74) is 11.5. The number of piperidine rings is 1. The van der Waals surface area contributed by atoms with E-state index < -0.39 is 5.91 Å². The van der Waals surface area contributed by atoms with Crippen LogP contribution in [0.2, 0.25) is 0 Å². The van der Waals surface area contributed by atoms with Crippen LogP contribution >= 0.6 is 11.3 Å². The number of anilines is 2. The van der Waals surface area contributed by atoms with Crippen molar-refractivity contribution in [2.75, 3.05) is 23.7 Å². The third kappa shape index (κ3) is 2.14. The number of hydrogen-bond donors (Lipinski definition) is 2. The SMILES string of the molecule is CC1CCN(c2cc(N)c(C(N)=O)s2)CC1. The van der Waals surface area contributed by atoms with E-state index in [1.54, 1.807) is 0 Å². The highest BCUT2D eigenvalue weighted by Crippen LogP contribution is 2.34. The maximum absolute atomic E-state index is 11.1. The van der Waals surface area contributed by atoms with E-state index in [4.69, 9.17) is 11.5 Å². The second kappa shape index (κ2) is 4.33. The summed E-state index contributed by atoms with van der Waals surface area (Å²) in [7, 11) is 0. The molecule has 1 aromatic heterocycles. The lowest BCUT2D eigenvalue weighted by molar-refractivity contribution is 0.100. The maximum atomic E-state index is 11.1. The highest BCUT2D eigenvalue weighted by atomic mass is 32.1. The first-order valence-corrected chi connectivity index (χ1v) is 6.33. The molecule has 5 heteroatoms. The normalized spacial score (nSPS) is 17.7. The molecule has 0 aliphatic carbocycles. The molecule has 1 fully saturated rings. The third-order valence-electron chi connectivity index (χ3n) is 3.07. The van der Waals surface area contributed by atoms with Crippen LogP contribution in [0.5, 0.6) is 0 Å². The number of amides is 1. The Morgan fingerprint density at radius 2 is 2.12 bits per heavy atom. The number of carbonyl (C=O) groups is 1. The number of nitrogen functional groups attached to an aromatic ring is 1. The second-order valence-electron chi connectivity index (χ2n) is 4.40. The minimum absolute atomic E-state index is 0.431. The molecule has 0 aromatic carbocycles.